The Morgan fingerprint density at radius 2 is 1.92 bits per heavy atom. The zero-order valence-corrected chi connectivity index (χ0v) is 18.2. The number of nitrogens with one attached hydrogen (secondary N) is 1. The molecule has 2 N–H and O–H groups in total. The zero-order chi connectivity index (χ0) is 18.6. The number of aryl methyl sites for hydroxylation is 2. The maximum absolute atomic E-state index is 11.8. The van der Waals surface area contributed by atoms with Gasteiger partial charge in [-0.15, -0.1) is 0 Å². The van der Waals surface area contributed by atoms with E-state index < -0.39 is 0 Å². The van der Waals surface area contributed by atoms with E-state index in [-0.39, 0.29) is 18.3 Å². The molecule has 2 aromatic rings. The fourth-order valence-corrected chi connectivity index (χ4v) is 4.19. The smallest absolute Gasteiger partial charge is 0.277 e. The molecule has 0 spiro atoms. The van der Waals surface area contributed by atoms with Crippen molar-refractivity contribution in [3.63, 3.8) is 0 Å². The predicted octanol–water partition coefficient (Wildman–Crippen LogP) is 4.83. The van der Waals surface area contributed by atoms with Gasteiger partial charge in [0.15, 0.2) is 6.61 Å². The minimum atomic E-state index is -0.386. The number of carbonyl (C=O) groups excluding carboxylic acids is 1. The Bertz CT molecular complexity index is 838. The Kier molecular flexibility index (Phi) is 7.04. The summed E-state index contributed by atoms with van der Waals surface area (Å²) in [5.74, 6) is 0.294. The van der Waals surface area contributed by atoms with E-state index in [1.165, 1.54) is 6.21 Å². The molecule has 0 aliphatic carbocycles. The largest absolute Gasteiger partial charge is 0.506 e. The lowest BCUT2D eigenvalue weighted by Gasteiger charge is -2.08. The van der Waals surface area contributed by atoms with Crippen LogP contribution in [0.3, 0.4) is 0 Å². The lowest BCUT2D eigenvalue weighted by molar-refractivity contribution is -0.123. The third-order valence-electron chi connectivity index (χ3n) is 3.41. The van der Waals surface area contributed by atoms with E-state index in [4.69, 9.17) is 4.74 Å². The molecule has 1 amide bonds. The minimum absolute atomic E-state index is 0.0500. The maximum atomic E-state index is 11.8. The Morgan fingerprint density at radius 3 is 2.60 bits per heavy atom. The molecule has 0 saturated carbocycles. The summed E-state index contributed by atoms with van der Waals surface area (Å²) in [6.45, 7) is 3.85. The van der Waals surface area contributed by atoms with Crippen molar-refractivity contribution in [1.82, 2.24) is 5.43 Å². The molecule has 0 heterocycles. The molecule has 0 unspecified atom stereocenters. The van der Waals surface area contributed by atoms with Gasteiger partial charge in [0, 0.05) is 10.0 Å². The van der Waals surface area contributed by atoms with Crippen molar-refractivity contribution in [2.24, 2.45) is 5.10 Å². The van der Waals surface area contributed by atoms with E-state index in [2.05, 4.69) is 58.3 Å². The van der Waals surface area contributed by atoms with E-state index in [0.29, 0.717) is 24.7 Å². The normalized spacial score (nSPS) is 10.9. The number of carbonyl (C=O) groups is 1. The zero-order valence-electron chi connectivity index (χ0n) is 13.4. The van der Waals surface area contributed by atoms with Crippen molar-refractivity contribution in [1.29, 1.82) is 0 Å². The van der Waals surface area contributed by atoms with Crippen LogP contribution in [-0.2, 0) is 4.79 Å². The highest BCUT2D eigenvalue weighted by Gasteiger charge is 2.12. The summed E-state index contributed by atoms with van der Waals surface area (Å²) in [6.07, 6.45) is 1.42. The molecular formula is C17H15Br3N2O3. The van der Waals surface area contributed by atoms with Crippen LogP contribution in [0.1, 0.15) is 16.7 Å². The van der Waals surface area contributed by atoms with E-state index in [1.54, 1.807) is 6.07 Å². The number of rotatable bonds is 5. The number of hydrogen-bond donors (Lipinski definition) is 2. The molecule has 8 heteroatoms. The van der Waals surface area contributed by atoms with Gasteiger partial charge >= 0.3 is 0 Å². The minimum Gasteiger partial charge on any atom is -0.506 e. The molecule has 0 radical (unpaired) electrons. The average molecular weight is 535 g/mol. The van der Waals surface area contributed by atoms with Crippen molar-refractivity contribution < 1.29 is 14.6 Å². The van der Waals surface area contributed by atoms with Crippen LogP contribution >= 0.6 is 47.8 Å². The molecule has 0 saturated heterocycles. The molecule has 0 aliphatic rings. The van der Waals surface area contributed by atoms with Gasteiger partial charge in [0.2, 0.25) is 0 Å². The van der Waals surface area contributed by atoms with Crippen molar-refractivity contribution >= 4 is 59.9 Å². The molecule has 0 aliphatic heterocycles. The van der Waals surface area contributed by atoms with E-state index in [0.717, 1.165) is 11.1 Å². The standard InChI is InChI=1S/C17H15Br3N2O3/c1-9-3-4-11(5-10(9)2)25-8-15(23)22-21-7-12-13(18)6-14(19)17(24)16(12)20/h3-7,24H,8H2,1-2H3,(H,22,23). The summed E-state index contributed by atoms with van der Waals surface area (Å²) in [7, 11) is 0. The number of phenolic OH excluding ortho intramolecular Hbond substituents is 1. The Balaban J connectivity index is 1.95. The number of nitrogens with zero attached hydrogens (tertiary/aromatic N) is 1. The molecule has 2 rings (SSSR count). The summed E-state index contributed by atoms with van der Waals surface area (Å²) in [5.41, 5.74) is 5.24. The number of benzene rings is 2. The Morgan fingerprint density at radius 1 is 1.20 bits per heavy atom. The fourth-order valence-electron chi connectivity index (χ4n) is 1.87. The SMILES string of the molecule is Cc1ccc(OCC(=O)NN=Cc2c(Br)cc(Br)c(O)c2Br)cc1C. The Hall–Kier alpha value is -1.38. The van der Waals surface area contributed by atoms with Gasteiger partial charge in [-0.2, -0.15) is 5.10 Å². The average Bonchev–Trinajstić information content (AvgIpc) is 2.57. The van der Waals surface area contributed by atoms with Gasteiger partial charge in [0.1, 0.15) is 11.5 Å². The molecule has 0 aromatic heterocycles. The number of hydrazone groups is 1. The van der Waals surface area contributed by atoms with Gasteiger partial charge in [-0.25, -0.2) is 5.43 Å². The van der Waals surface area contributed by atoms with Crippen LogP contribution < -0.4 is 10.2 Å². The van der Waals surface area contributed by atoms with Gasteiger partial charge in [-0.05, 0) is 75.0 Å². The summed E-state index contributed by atoms with van der Waals surface area (Å²) < 4.78 is 7.13. The summed E-state index contributed by atoms with van der Waals surface area (Å²) in [5, 5.41) is 13.8. The topological polar surface area (TPSA) is 70.9 Å². The summed E-state index contributed by atoms with van der Waals surface area (Å²) in [4.78, 5) is 11.8. The second kappa shape index (κ2) is 8.82. The van der Waals surface area contributed by atoms with Gasteiger partial charge < -0.3 is 9.84 Å². The van der Waals surface area contributed by atoms with Crippen LogP contribution in [0, 0.1) is 13.8 Å². The number of hydrogen-bond acceptors (Lipinski definition) is 4. The van der Waals surface area contributed by atoms with Crippen molar-refractivity contribution in [3.8, 4) is 11.5 Å². The number of aromatic hydroxyl groups is 1. The van der Waals surface area contributed by atoms with Gasteiger partial charge in [-0.3, -0.25) is 4.79 Å². The molecule has 25 heavy (non-hydrogen) atoms. The fraction of sp³-hybridized carbons (Fsp3) is 0.176. The molecular weight excluding hydrogens is 520 g/mol. The third-order valence-corrected chi connectivity index (χ3v) is 5.48. The maximum Gasteiger partial charge on any atom is 0.277 e. The lowest BCUT2D eigenvalue weighted by atomic mass is 10.1. The molecule has 0 fully saturated rings. The predicted molar refractivity (Wildman–Crippen MR) is 108 cm³/mol. The van der Waals surface area contributed by atoms with Crippen LogP contribution in [0.5, 0.6) is 11.5 Å². The van der Waals surface area contributed by atoms with Gasteiger partial charge in [-0.1, -0.05) is 22.0 Å². The molecule has 2 aromatic carbocycles. The monoisotopic (exact) mass is 532 g/mol. The second-order valence-corrected chi connectivity index (χ2v) is 7.75. The second-order valence-electron chi connectivity index (χ2n) is 5.24. The summed E-state index contributed by atoms with van der Waals surface area (Å²) in [6, 6.07) is 7.32. The third kappa shape index (κ3) is 5.29. The van der Waals surface area contributed by atoms with Crippen molar-refractivity contribution in [2.45, 2.75) is 13.8 Å². The van der Waals surface area contributed by atoms with Crippen molar-refractivity contribution in [3.05, 3.63) is 54.4 Å². The first-order chi connectivity index (χ1) is 11.8. The lowest BCUT2D eigenvalue weighted by Crippen LogP contribution is -2.24. The van der Waals surface area contributed by atoms with Crippen LogP contribution in [0.25, 0.3) is 0 Å². The first-order valence-corrected chi connectivity index (χ1v) is 9.56. The number of phenols is 1. The first kappa shape index (κ1) is 19.9. The van der Waals surface area contributed by atoms with Crippen molar-refractivity contribution in [2.75, 3.05) is 6.61 Å². The highest BCUT2D eigenvalue weighted by atomic mass is 79.9. The van der Waals surface area contributed by atoms with Gasteiger partial charge in [0.25, 0.3) is 5.91 Å². The first-order valence-electron chi connectivity index (χ1n) is 7.18. The van der Waals surface area contributed by atoms with E-state index in [9.17, 15) is 9.90 Å². The summed E-state index contributed by atoms with van der Waals surface area (Å²) >= 11 is 9.89. The quantitative estimate of drug-likeness (QED) is 0.426. The van der Waals surface area contributed by atoms with E-state index in [1.807, 2.05) is 32.0 Å². The molecule has 0 bridgehead atoms. The Labute approximate surface area is 170 Å². The number of amides is 1. The van der Waals surface area contributed by atoms with E-state index >= 15 is 0 Å². The van der Waals surface area contributed by atoms with Crippen LogP contribution in [0.2, 0.25) is 0 Å². The van der Waals surface area contributed by atoms with Crippen LogP contribution in [-0.4, -0.2) is 23.8 Å². The molecule has 5 nitrogen and oxygen atoms in total. The van der Waals surface area contributed by atoms with Gasteiger partial charge in [0.05, 0.1) is 15.2 Å². The van der Waals surface area contributed by atoms with Crippen LogP contribution in [0.15, 0.2) is 42.8 Å². The molecule has 132 valence electrons. The molecule has 0 atom stereocenters. The number of ether oxygens (including phenoxy) is 1. The highest BCUT2D eigenvalue weighted by molar-refractivity contribution is 9.11. The number of halogens is 3. The highest BCUT2D eigenvalue weighted by Crippen LogP contribution is 2.38. The van der Waals surface area contributed by atoms with Crippen LogP contribution in [0.4, 0.5) is 0 Å².